The molecule has 0 heterocycles. The van der Waals surface area contributed by atoms with Crippen molar-refractivity contribution < 1.29 is 0 Å². The summed E-state index contributed by atoms with van der Waals surface area (Å²) >= 11 is 0. The Bertz CT molecular complexity index is 700. The summed E-state index contributed by atoms with van der Waals surface area (Å²) in [4.78, 5) is 4.30. The molecule has 4 nitrogen and oxygen atoms in total. The fourth-order valence-electron chi connectivity index (χ4n) is 1.87. The highest BCUT2D eigenvalue weighted by atomic mass is 127. The van der Waals surface area contributed by atoms with Gasteiger partial charge in [0.2, 0.25) is 0 Å². The highest BCUT2D eigenvalue weighted by molar-refractivity contribution is 14.0. The number of anilines is 1. The lowest BCUT2D eigenvalue weighted by Gasteiger charge is -2.08. The maximum Gasteiger partial charge on any atom is 0.193 e. The lowest BCUT2D eigenvalue weighted by molar-refractivity contribution is 1.06. The molecule has 0 aliphatic carbocycles. The summed E-state index contributed by atoms with van der Waals surface area (Å²) in [6, 6.07) is 15.5. The molecule has 3 N–H and O–H groups in total. The van der Waals surface area contributed by atoms with Crippen LogP contribution in [0.25, 0.3) is 0 Å². The van der Waals surface area contributed by atoms with Gasteiger partial charge >= 0.3 is 0 Å². The molecular formula is C17H19IN4. The van der Waals surface area contributed by atoms with Gasteiger partial charge in [0.1, 0.15) is 0 Å². The molecule has 0 atom stereocenters. The smallest absolute Gasteiger partial charge is 0.193 e. The normalized spacial score (nSPS) is 10.5. The van der Waals surface area contributed by atoms with Crippen molar-refractivity contribution in [1.29, 1.82) is 5.26 Å². The van der Waals surface area contributed by atoms with Gasteiger partial charge in [-0.15, -0.1) is 24.0 Å². The Labute approximate surface area is 148 Å². The van der Waals surface area contributed by atoms with Crippen LogP contribution in [0.5, 0.6) is 0 Å². The second kappa shape index (κ2) is 8.39. The minimum atomic E-state index is 0. The van der Waals surface area contributed by atoms with Gasteiger partial charge in [-0.05, 0) is 54.8 Å². The van der Waals surface area contributed by atoms with Crippen LogP contribution in [0.2, 0.25) is 0 Å². The zero-order chi connectivity index (χ0) is 15.2. The average molecular weight is 406 g/mol. The van der Waals surface area contributed by atoms with E-state index in [9.17, 15) is 0 Å². The van der Waals surface area contributed by atoms with E-state index in [1.165, 1.54) is 11.1 Å². The summed E-state index contributed by atoms with van der Waals surface area (Å²) in [7, 11) is 0. The van der Waals surface area contributed by atoms with Gasteiger partial charge in [0.25, 0.3) is 0 Å². The molecule has 0 bridgehead atoms. The number of guanidine groups is 1. The van der Waals surface area contributed by atoms with Crippen molar-refractivity contribution in [3.05, 3.63) is 64.7 Å². The Kier molecular flexibility index (Phi) is 6.86. The van der Waals surface area contributed by atoms with E-state index in [0.29, 0.717) is 18.1 Å². The first kappa shape index (κ1) is 18.0. The van der Waals surface area contributed by atoms with E-state index < -0.39 is 0 Å². The van der Waals surface area contributed by atoms with E-state index in [1.54, 1.807) is 12.1 Å². The van der Waals surface area contributed by atoms with Gasteiger partial charge in [-0.1, -0.05) is 18.2 Å². The number of nitrogens with one attached hydrogen (secondary N) is 1. The quantitative estimate of drug-likeness (QED) is 0.464. The van der Waals surface area contributed by atoms with Crippen LogP contribution in [-0.2, 0) is 6.54 Å². The first-order valence-corrected chi connectivity index (χ1v) is 6.72. The SMILES string of the molecule is Cc1ccc(NC(N)=NCc2ccc(C#N)cc2)cc1C.I. The number of aryl methyl sites for hydroxylation is 2. The molecule has 0 fully saturated rings. The first-order valence-electron chi connectivity index (χ1n) is 6.72. The van der Waals surface area contributed by atoms with Crippen LogP contribution in [0.3, 0.4) is 0 Å². The third-order valence-corrected chi connectivity index (χ3v) is 3.29. The maximum absolute atomic E-state index is 8.75. The number of rotatable bonds is 3. The number of aliphatic imine (C=N–C) groups is 1. The fourth-order valence-corrected chi connectivity index (χ4v) is 1.87. The summed E-state index contributed by atoms with van der Waals surface area (Å²) in [6.07, 6.45) is 0. The zero-order valence-electron chi connectivity index (χ0n) is 12.6. The van der Waals surface area contributed by atoms with Crippen LogP contribution in [0.15, 0.2) is 47.5 Å². The van der Waals surface area contributed by atoms with Crippen molar-refractivity contribution in [3.8, 4) is 6.07 Å². The lowest BCUT2D eigenvalue weighted by Crippen LogP contribution is -2.22. The van der Waals surface area contributed by atoms with E-state index in [1.807, 2.05) is 30.3 Å². The molecular weight excluding hydrogens is 387 g/mol. The molecule has 0 aliphatic heterocycles. The first-order chi connectivity index (χ1) is 10.1. The lowest BCUT2D eigenvalue weighted by atomic mass is 10.1. The van der Waals surface area contributed by atoms with Gasteiger partial charge in [-0.2, -0.15) is 5.26 Å². The van der Waals surface area contributed by atoms with Crippen molar-refractivity contribution in [1.82, 2.24) is 0 Å². The Morgan fingerprint density at radius 2 is 1.82 bits per heavy atom. The van der Waals surface area contributed by atoms with Gasteiger partial charge in [-0.3, -0.25) is 0 Å². The summed E-state index contributed by atoms with van der Waals surface area (Å²) < 4.78 is 0. The minimum Gasteiger partial charge on any atom is -0.370 e. The molecule has 2 aromatic carbocycles. The van der Waals surface area contributed by atoms with Crippen molar-refractivity contribution in [2.24, 2.45) is 10.7 Å². The Hall–Kier alpha value is -2.07. The number of nitriles is 1. The highest BCUT2D eigenvalue weighted by Gasteiger charge is 1.98. The van der Waals surface area contributed by atoms with Gasteiger partial charge in [-0.25, -0.2) is 4.99 Å². The number of nitrogens with two attached hydrogens (primary N) is 1. The van der Waals surface area contributed by atoms with E-state index >= 15 is 0 Å². The molecule has 0 unspecified atom stereocenters. The molecule has 2 rings (SSSR count). The summed E-state index contributed by atoms with van der Waals surface area (Å²) in [5, 5.41) is 11.8. The molecule has 0 aromatic heterocycles. The number of hydrogen-bond donors (Lipinski definition) is 2. The second-order valence-corrected chi connectivity index (χ2v) is 4.93. The number of benzene rings is 2. The standard InChI is InChI=1S/C17H18N4.HI/c1-12-3-8-16(9-13(12)2)21-17(19)20-11-15-6-4-14(10-18)5-7-15;/h3-9H,11H2,1-2H3,(H3,19,20,21);1H. The summed E-state index contributed by atoms with van der Waals surface area (Å²) in [6.45, 7) is 4.61. The molecule has 0 amide bonds. The van der Waals surface area contributed by atoms with Crippen LogP contribution in [0.1, 0.15) is 22.3 Å². The summed E-state index contributed by atoms with van der Waals surface area (Å²) in [5.74, 6) is 0.377. The predicted molar refractivity (Wildman–Crippen MR) is 101 cm³/mol. The highest BCUT2D eigenvalue weighted by Crippen LogP contribution is 2.13. The van der Waals surface area contributed by atoms with Crippen LogP contribution in [0, 0.1) is 25.2 Å². The molecule has 22 heavy (non-hydrogen) atoms. The van der Waals surface area contributed by atoms with Crippen LogP contribution in [-0.4, -0.2) is 5.96 Å². The molecule has 114 valence electrons. The average Bonchev–Trinajstić information content (AvgIpc) is 2.49. The van der Waals surface area contributed by atoms with E-state index in [4.69, 9.17) is 11.0 Å². The van der Waals surface area contributed by atoms with E-state index in [0.717, 1.165) is 11.3 Å². The van der Waals surface area contributed by atoms with Crippen molar-refractivity contribution in [2.45, 2.75) is 20.4 Å². The number of nitrogens with zero attached hydrogens (tertiary/aromatic N) is 2. The minimum absolute atomic E-state index is 0. The molecule has 5 heteroatoms. The summed E-state index contributed by atoms with van der Waals surface area (Å²) in [5.41, 5.74) is 10.9. The predicted octanol–water partition coefficient (Wildman–Crippen LogP) is 3.72. The van der Waals surface area contributed by atoms with Crippen molar-refractivity contribution in [2.75, 3.05) is 5.32 Å². The Morgan fingerprint density at radius 1 is 1.14 bits per heavy atom. The Morgan fingerprint density at radius 3 is 2.41 bits per heavy atom. The van der Waals surface area contributed by atoms with Gasteiger partial charge in [0, 0.05) is 5.69 Å². The Balaban J connectivity index is 0.00000242. The van der Waals surface area contributed by atoms with Crippen LogP contribution < -0.4 is 11.1 Å². The third kappa shape index (κ3) is 5.04. The zero-order valence-corrected chi connectivity index (χ0v) is 15.0. The van der Waals surface area contributed by atoms with Gasteiger partial charge in [0.05, 0.1) is 18.2 Å². The number of halogens is 1. The largest absolute Gasteiger partial charge is 0.370 e. The topological polar surface area (TPSA) is 74.2 Å². The molecule has 2 aromatic rings. The molecule has 0 spiro atoms. The molecule has 0 saturated heterocycles. The van der Waals surface area contributed by atoms with E-state index in [2.05, 4.69) is 30.2 Å². The third-order valence-electron chi connectivity index (χ3n) is 3.29. The van der Waals surface area contributed by atoms with E-state index in [-0.39, 0.29) is 24.0 Å². The van der Waals surface area contributed by atoms with Crippen molar-refractivity contribution in [3.63, 3.8) is 0 Å². The van der Waals surface area contributed by atoms with Gasteiger partial charge in [0.15, 0.2) is 5.96 Å². The molecule has 0 radical (unpaired) electrons. The number of hydrogen-bond acceptors (Lipinski definition) is 2. The molecule has 0 aliphatic rings. The maximum atomic E-state index is 8.75. The van der Waals surface area contributed by atoms with Crippen molar-refractivity contribution >= 4 is 35.6 Å². The fraction of sp³-hybridized carbons (Fsp3) is 0.176. The van der Waals surface area contributed by atoms with Crippen LogP contribution >= 0.6 is 24.0 Å². The van der Waals surface area contributed by atoms with Gasteiger partial charge < -0.3 is 11.1 Å². The van der Waals surface area contributed by atoms with Crippen LogP contribution in [0.4, 0.5) is 5.69 Å². The molecule has 0 saturated carbocycles. The second-order valence-electron chi connectivity index (χ2n) is 4.93. The monoisotopic (exact) mass is 406 g/mol.